The Morgan fingerprint density at radius 1 is 1.03 bits per heavy atom. The number of nitrogens with one attached hydrogen (secondary N) is 1. The first kappa shape index (κ1) is 23.1. The van der Waals surface area contributed by atoms with Gasteiger partial charge in [0.1, 0.15) is 16.8 Å². The van der Waals surface area contributed by atoms with E-state index in [1.54, 1.807) is 0 Å². The topological polar surface area (TPSA) is 86.7 Å². The van der Waals surface area contributed by atoms with E-state index in [-0.39, 0.29) is 11.3 Å². The Labute approximate surface area is 174 Å². The van der Waals surface area contributed by atoms with Gasteiger partial charge in [-0.15, -0.1) is 0 Å². The number of anilines is 1. The zero-order valence-corrected chi connectivity index (χ0v) is 16.6. The number of carbonyl (C=O) groups is 1. The van der Waals surface area contributed by atoms with E-state index < -0.39 is 76.2 Å². The Hall–Kier alpha value is -2.57. The summed E-state index contributed by atoms with van der Waals surface area (Å²) in [5.74, 6) is -7.99. The zero-order valence-electron chi connectivity index (χ0n) is 15.8. The fourth-order valence-corrected chi connectivity index (χ4v) is 4.57. The predicted molar refractivity (Wildman–Crippen MR) is 99.7 cm³/mol. The highest BCUT2D eigenvalue weighted by atomic mass is 32.2. The molecule has 1 aliphatic heterocycles. The van der Waals surface area contributed by atoms with Crippen LogP contribution >= 0.6 is 0 Å². The molecule has 1 amide bonds. The Bertz CT molecular complexity index is 1110. The van der Waals surface area contributed by atoms with E-state index in [4.69, 9.17) is 0 Å². The number of benzene rings is 2. The second-order valence-corrected chi connectivity index (χ2v) is 8.85. The van der Waals surface area contributed by atoms with Crippen molar-refractivity contribution in [2.45, 2.75) is 29.8 Å². The molecular weight excluding hydrogens is 447 g/mol. The molecule has 168 valence electrons. The minimum Gasteiger partial charge on any atom is -0.387 e. The molecule has 3 rings (SSSR count). The lowest BCUT2D eigenvalue weighted by Crippen LogP contribution is -2.34. The minimum atomic E-state index is -4.61. The summed E-state index contributed by atoms with van der Waals surface area (Å²) in [6, 6.07) is 4.96. The maximum Gasteiger partial charge on any atom is 0.274 e. The van der Waals surface area contributed by atoms with Gasteiger partial charge in [0.15, 0.2) is 11.6 Å². The highest BCUT2D eigenvalue weighted by molar-refractivity contribution is 7.89. The maximum atomic E-state index is 14.3. The molecule has 1 saturated heterocycles. The molecule has 31 heavy (non-hydrogen) atoms. The molecule has 1 aliphatic rings. The Balaban J connectivity index is 1.87. The van der Waals surface area contributed by atoms with Crippen LogP contribution < -0.4 is 5.32 Å². The molecule has 1 atom stereocenters. The van der Waals surface area contributed by atoms with Crippen molar-refractivity contribution in [3.05, 3.63) is 59.4 Å². The number of alkyl halides is 2. The summed E-state index contributed by atoms with van der Waals surface area (Å²) in [7, 11) is -4.61. The van der Waals surface area contributed by atoms with Gasteiger partial charge in [0.2, 0.25) is 10.0 Å². The van der Waals surface area contributed by atoms with Crippen molar-refractivity contribution in [3.63, 3.8) is 0 Å². The number of aliphatic hydroxyl groups excluding tert-OH is 1. The third-order valence-electron chi connectivity index (χ3n) is 4.82. The summed E-state index contributed by atoms with van der Waals surface area (Å²) >= 11 is 0. The van der Waals surface area contributed by atoms with E-state index >= 15 is 0 Å². The van der Waals surface area contributed by atoms with Crippen molar-refractivity contribution in [2.75, 3.05) is 18.4 Å². The average molecular weight is 464 g/mol. The third-order valence-corrected chi connectivity index (χ3v) is 6.74. The van der Waals surface area contributed by atoms with Crippen LogP contribution in [0, 0.1) is 17.5 Å². The number of nitrogens with zero attached hydrogens (tertiary/aromatic N) is 1. The van der Waals surface area contributed by atoms with E-state index in [0.29, 0.717) is 16.4 Å². The molecule has 2 aromatic carbocycles. The van der Waals surface area contributed by atoms with Gasteiger partial charge in [-0.05, 0) is 36.8 Å². The van der Waals surface area contributed by atoms with Crippen molar-refractivity contribution >= 4 is 21.6 Å². The average Bonchev–Trinajstić information content (AvgIpc) is 2.83. The van der Waals surface area contributed by atoms with Gasteiger partial charge < -0.3 is 10.4 Å². The molecule has 2 N–H and O–H groups in total. The second kappa shape index (κ2) is 8.52. The molecule has 0 saturated carbocycles. The number of rotatable bonds is 4. The molecule has 12 heteroatoms. The van der Waals surface area contributed by atoms with Gasteiger partial charge in [0.25, 0.3) is 11.8 Å². The number of sulfonamides is 1. The Kier molecular flexibility index (Phi) is 6.35. The van der Waals surface area contributed by atoms with Crippen LogP contribution in [0.25, 0.3) is 0 Å². The summed E-state index contributed by atoms with van der Waals surface area (Å²) < 4.78 is 94.3. The van der Waals surface area contributed by atoms with E-state index in [1.807, 2.05) is 0 Å². The van der Waals surface area contributed by atoms with Gasteiger partial charge in [-0.2, -0.15) is 4.31 Å². The molecule has 1 heterocycles. The van der Waals surface area contributed by atoms with Gasteiger partial charge >= 0.3 is 0 Å². The molecule has 0 spiro atoms. The molecule has 0 aromatic heterocycles. The van der Waals surface area contributed by atoms with Crippen LogP contribution in [0.2, 0.25) is 0 Å². The number of hydrogen-bond donors (Lipinski definition) is 2. The molecule has 1 fully saturated rings. The van der Waals surface area contributed by atoms with Crippen LogP contribution in [-0.2, 0) is 10.0 Å². The van der Waals surface area contributed by atoms with E-state index in [1.165, 1.54) is 0 Å². The van der Waals surface area contributed by atoms with E-state index in [0.717, 1.165) is 24.3 Å². The molecule has 0 bridgehead atoms. The summed E-state index contributed by atoms with van der Waals surface area (Å²) in [4.78, 5) is 11.5. The van der Waals surface area contributed by atoms with Crippen molar-refractivity contribution < 1.29 is 40.3 Å². The van der Waals surface area contributed by atoms with Crippen molar-refractivity contribution in [3.8, 4) is 0 Å². The zero-order chi connectivity index (χ0) is 23.0. The predicted octanol–water partition coefficient (Wildman–Crippen LogP) is 3.14. The first-order chi connectivity index (χ1) is 14.4. The minimum absolute atomic E-state index is 0.124. The fraction of sp³-hybridized carbons (Fsp3) is 0.316. The molecule has 6 nitrogen and oxygen atoms in total. The smallest absolute Gasteiger partial charge is 0.274 e. The maximum absolute atomic E-state index is 14.3. The molecule has 0 aliphatic carbocycles. The van der Waals surface area contributed by atoms with Gasteiger partial charge in [-0.3, -0.25) is 4.79 Å². The highest BCUT2D eigenvalue weighted by Gasteiger charge is 2.43. The van der Waals surface area contributed by atoms with E-state index in [2.05, 4.69) is 5.32 Å². The number of amides is 1. The molecule has 0 radical (unpaired) electrons. The summed E-state index contributed by atoms with van der Waals surface area (Å²) in [5.41, 5.74) is -0.439. The van der Waals surface area contributed by atoms with Crippen molar-refractivity contribution in [2.24, 2.45) is 0 Å². The fourth-order valence-electron chi connectivity index (χ4n) is 3.03. The number of carbonyl (C=O) groups excluding carboxylic acids is 1. The molecular formula is C19H17F5N2O4S. The third kappa shape index (κ3) is 4.86. The summed E-state index contributed by atoms with van der Waals surface area (Å²) in [6.07, 6.45) is -3.54. The number of hydrogen-bond acceptors (Lipinski definition) is 4. The first-order valence-electron chi connectivity index (χ1n) is 9.04. The van der Waals surface area contributed by atoms with Crippen LogP contribution in [0.3, 0.4) is 0 Å². The lowest BCUT2D eigenvalue weighted by Gasteiger charge is -2.20. The second-order valence-electron chi connectivity index (χ2n) is 6.95. The lowest BCUT2D eigenvalue weighted by molar-refractivity contribution is -0.108. The van der Waals surface area contributed by atoms with Crippen LogP contribution in [0.5, 0.6) is 0 Å². The number of aliphatic hydroxyl groups is 1. The van der Waals surface area contributed by atoms with Crippen LogP contribution in [0.15, 0.2) is 41.3 Å². The lowest BCUT2D eigenvalue weighted by atomic mass is 10.1. The summed E-state index contributed by atoms with van der Waals surface area (Å²) in [6.45, 7) is -1.12. The van der Waals surface area contributed by atoms with Crippen molar-refractivity contribution in [1.82, 2.24) is 4.31 Å². The Morgan fingerprint density at radius 2 is 1.71 bits per heavy atom. The van der Waals surface area contributed by atoms with Gasteiger partial charge in [-0.25, -0.2) is 30.4 Å². The molecule has 1 unspecified atom stereocenters. The monoisotopic (exact) mass is 464 g/mol. The van der Waals surface area contributed by atoms with Gasteiger partial charge in [0.05, 0.1) is 0 Å². The van der Waals surface area contributed by atoms with E-state index in [9.17, 15) is 40.3 Å². The highest BCUT2D eigenvalue weighted by Crippen LogP contribution is 2.31. The van der Waals surface area contributed by atoms with Crippen molar-refractivity contribution in [1.29, 1.82) is 0 Å². The quantitative estimate of drug-likeness (QED) is 0.681. The first-order valence-corrected chi connectivity index (χ1v) is 10.5. The largest absolute Gasteiger partial charge is 0.387 e. The summed E-state index contributed by atoms with van der Waals surface area (Å²) in [5, 5.41) is 11.7. The van der Waals surface area contributed by atoms with Crippen LogP contribution in [0.1, 0.15) is 23.2 Å². The van der Waals surface area contributed by atoms with Gasteiger partial charge in [-0.1, -0.05) is 0 Å². The van der Waals surface area contributed by atoms with Crippen LogP contribution in [0.4, 0.5) is 27.6 Å². The SMILES string of the molecule is O=C(Nc1ccc(F)c(F)c1)c1ccc(F)c(S(=O)(=O)N2CCC(O)C(F)(F)CC2)c1. The van der Waals surface area contributed by atoms with Crippen LogP contribution in [-0.4, -0.2) is 48.9 Å². The normalized spacial score (nSPS) is 19.6. The number of halogens is 5. The standard InChI is InChI=1S/C19H17F5N2O4S/c20-13-4-2-12(10-15(13)22)25-18(28)11-1-3-14(21)16(9-11)31(29,30)26-7-5-17(27)19(23,24)6-8-26/h1-4,9-10,17,27H,5-8H2,(H,25,28). The van der Waals surface area contributed by atoms with Gasteiger partial charge in [0, 0.05) is 36.8 Å². The Morgan fingerprint density at radius 3 is 2.39 bits per heavy atom. The molecule has 2 aromatic rings.